The monoisotopic (exact) mass is 320 g/mol. The molecule has 2 unspecified atom stereocenters. The molecule has 0 aliphatic heterocycles. The molecular weight excluding hydrogens is 290 g/mol. The molecule has 0 spiro atoms. The number of rotatable bonds is 8. The molecule has 1 rings (SSSR count). The maximum Gasteiger partial charge on any atom is 0.165 e. The molecule has 23 heavy (non-hydrogen) atoms. The van der Waals surface area contributed by atoms with Crippen molar-refractivity contribution in [2.24, 2.45) is 11.8 Å². The molecule has 1 aliphatic carbocycles. The Morgan fingerprint density at radius 2 is 1.74 bits per heavy atom. The van der Waals surface area contributed by atoms with Crippen molar-refractivity contribution in [1.29, 1.82) is 0 Å². The Bertz CT molecular complexity index is 546. The summed E-state index contributed by atoms with van der Waals surface area (Å²) in [5.74, 6) is -0.475. The first kappa shape index (κ1) is 19.6. The lowest BCUT2D eigenvalue weighted by Gasteiger charge is -2.22. The van der Waals surface area contributed by atoms with E-state index in [2.05, 4.69) is 40.0 Å². The van der Waals surface area contributed by atoms with Gasteiger partial charge in [0, 0.05) is 5.57 Å². The summed E-state index contributed by atoms with van der Waals surface area (Å²) in [6, 6.07) is 0. The van der Waals surface area contributed by atoms with Crippen LogP contribution in [0.5, 0.6) is 0 Å². The van der Waals surface area contributed by atoms with Crippen LogP contribution in [0.3, 0.4) is 0 Å². The summed E-state index contributed by atoms with van der Waals surface area (Å²) in [7, 11) is 0. The van der Waals surface area contributed by atoms with Gasteiger partial charge in [-0.3, -0.25) is 0 Å². The lowest BCUT2D eigenvalue weighted by atomic mass is 9.84. The topological polar surface area (TPSA) is 0 Å². The molecule has 0 N–H and O–H groups in total. The van der Waals surface area contributed by atoms with Gasteiger partial charge in [-0.15, -0.1) is 0 Å². The zero-order valence-electron chi connectivity index (χ0n) is 15.0. The third kappa shape index (κ3) is 5.60. The molecule has 0 fully saturated rings. The second-order valence-electron chi connectivity index (χ2n) is 6.81. The van der Waals surface area contributed by atoms with E-state index in [1.165, 1.54) is 31.8 Å². The molecule has 1 aliphatic rings. The van der Waals surface area contributed by atoms with E-state index in [9.17, 15) is 8.78 Å². The summed E-state index contributed by atoms with van der Waals surface area (Å²) in [5, 5.41) is 0. The minimum absolute atomic E-state index is 0.0926. The Morgan fingerprint density at radius 3 is 2.22 bits per heavy atom. The van der Waals surface area contributed by atoms with Crippen molar-refractivity contribution in [3.05, 3.63) is 59.3 Å². The summed E-state index contributed by atoms with van der Waals surface area (Å²) >= 11 is 0. The van der Waals surface area contributed by atoms with E-state index in [0.29, 0.717) is 5.92 Å². The summed E-state index contributed by atoms with van der Waals surface area (Å²) < 4.78 is 27.7. The number of hydrogen-bond acceptors (Lipinski definition) is 0. The van der Waals surface area contributed by atoms with Crippen LogP contribution in [0.1, 0.15) is 59.8 Å². The highest BCUT2D eigenvalue weighted by Crippen LogP contribution is 2.34. The van der Waals surface area contributed by atoms with Gasteiger partial charge in [-0.2, -0.15) is 0 Å². The number of allylic oxidation sites excluding steroid dienone is 8. The van der Waals surface area contributed by atoms with Gasteiger partial charge in [0.2, 0.25) is 0 Å². The van der Waals surface area contributed by atoms with Crippen LogP contribution in [-0.4, -0.2) is 0 Å². The normalized spacial score (nSPS) is 18.5. The van der Waals surface area contributed by atoms with Crippen LogP contribution in [0.4, 0.5) is 8.78 Å². The van der Waals surface area contributed by atoms with Crippen molar-refractivity contribution in [2.45, 2.75) is 59.8 Å². The van der Waals surface area contributed by atoms with Gasteiger partial charge in [0.25, 0.3) is 0 Å². The average Bonchev–Trinajstić information content (AvgIpc) is 2.57. The molecule has 0 bridgehead atoms. The van der Waals surface area contributed by atoms with Crippen LogP contribution in [0.2, 0.25) is 0 Å². The van der Waals surface area contributed by atoms with Crippen molar-refractivity contribution in [1.82, 2.24) is 0 Å². The molecule has 0 saturated heterocycles. The van der Waals surface area contributed by atoms with Gasteiger partial charge in [0.05, 0.1) is 0 Å². The predicted octanol–water partition coefficient (Wildman–Crippen LogP) is 7.38. The average molecular weight is 320 g/mol. The first-order valence-corrected chi connectivity index (χ1v) is 8.58. The highest BCUT2D eigenvalue weighted by atomic mass is 19.2. The van der Waals surface area contributed by atoms with Crippen LogP contribution in [0.15, 0.2) is 59.3 Å². The largest absolute Gasteiger partial charge is 0.203 e. The quantitative estimate of drug-likeness (QED) is 0.409. The first-order chi connectivity index (χ1) is 10.8. The molecular formula is C21H30F2. The van der Waals surface area contributed by atoms with Gasteiger partial charge in [-0.1, -0.05) is 64.5 Å². The van der Waals surface area contributed by atoms with Gasteiger partial charge < -0.3 is 0 Å². The van der Waals surface area contributed by atoms with E-state index in [-0.39, 0.29) is 11.1 Å². The summed E-state index contributed by atoms with van der Waals surface area (Å²) in [6.07, 6.45) is 9.21. The molecule has 128 valence electrons. The maximum absolute atomic E-state index is 14.0. The van der Waals surface area contributed by atoms with E-state index in [1.807, 2.05) is 6.08 Å². The van der Waals surface area contributed by atoms with Gasteiger partial charge in [0.1, 0.15) is 0 Å². The van der Waals surface area contributed by atoms with Gasteiger partial charge in [0.15, 0.2) is 11.7 Å². The Balaban J connectivity index is 2.76. The summed E-state index contributed by atoms with van der Waals surface area (Å²) in [4.78, 5) is 0. The van der Waals surface area contributed by atoms with Crippen molar-refractivity contribution in [2.75, 3.05) is 0 Å². The smallest absolute Gasteiger partial charge is 0.165 e. The fourth-order valence-electron chi connectivity index (χ4n) is 2.70. The van der Waals surface area contributed by atoms with Crippen molar-refractivity contribution in [3.8, 4) is 0 Å². The molecule has 0 aromatic carbocycles. The lowest BCUT2D eigenvalue weighted by Crippen LogP contribution is -2.06. The highest BCUT2D eigenvalue weighted by Gasteiger charge is 2.18. The van der Waals surface area contributed by atoms with Crippen LogP contribution in [0.25, 0.3) is 0 Å². The third-order valence-electron chi connectivity index (χ3n) is 4.82. The molecule has 0 amide bonds. The third-order valence-corrected chi connectivity index (χ3v) is 4.82. The Morgan fingerprint density at radius 1 is 1.09 bits per heavy atom. The van der Waals surface area contributed by atoms with Crippen LogP contribution < -0.4 is 0 Å². The molecule has 0 nitrogen and oxygen atoms in total. The Hall–Kier alpha value is -1.44. The van der Waals surface area contributed by atoms with E-state index >= 15 is 0 Å². The van der Waals surface area contributed by atoms with Crippen molar-refractivity contribution >= 4 is 0 Å². The predicted molar refractivity (Wildman–Crippen MR) is 96.4 cm³/mol. The number of halogens is 2. The fraction of sp³-hybridized carbons (Fsp3) is 0.524. The summed E-state index contributed by atoms with van der Waals surface area (Å²) in [5.41, 5.74) is 2.41. The first-order valence-electron chi connectivity index (χ1n) is 8.58. The zero-order valence-corrected chi connectivity index (χ0v) is 15.0. The van der Waals surface area contributed by atoms with Gasteiger partial charge in [-0.25, -0.2) is 8.78 Å². The summed E-state index contributed by atoms with van der Waals surface area (Å²) in [6.45, 7) is 15.4. The Labute approximate surface area is 140 Å². The van der Waals surface area contributed by atoms with Gasteiger partial charge in [-0.05, 0) is 49.2 Å². The molecule has 2 heteroatoms. The minimum Gasteiger partial charge on any atom is -0.203 e. The SMILES string of the molecule is C=C(C)/C(F)=C(/F)C(=C)C1=CC=C(C(C)CCC(C)CC)CC1. The van der Waals surface area contributed by atoms with Crippen molar-refractivity contribution in [3.63, 3.8) is 0 Å². The molecule has 0 radical (unpaired) electrons. The maximum atomic E-state index is 14.0. The Kier molecular flexibility index (Phi) is 7.67. The highest BCUT2D eigenvalue weighted by molar-refractivity contribution is 5.48. The number of hydrogen-bond donors (Lipinski definition) is 0. The molecule has 0 saturated carbocycles. The molecule has 0 aromatic heterocycles. The van der Waals surface area contributed by atoms with Crippen LogP contribution in [-0.2, 0) is 0 Å². The van der Waals surface area contributed by atoms with E-state index < -0.39 is 11.7 Å². The van der Waals surface area contributed by atoms with Gasteiger partial charge >= 0.3 is 0 Å². The van der Waals surface area contributed by atoms with Crippen molar-refractivity contribution < 1.29 is 8.78 Å². The van der Waals surface area contributed by atoms with E-state index in [4.69, 9.17) is 0 Å². The van der Waals surface area contributed by atoms with E-state index in [0.717, 1.165) is 24.3 Å². The second kappa shape index (κ2) is 9.00. The second-order valence-corrected chi connectivity index (χ2v) is 6.81. The molecule has 2 atom stereocenters. The molecule has 0 aromatic rings. The lowest BCUT2D eigenvalue weighted by molar-refractivity contribution is 0.445. The van der Waals surface area contributed by atoms with Crippen LogP contribution in [0, 0.1) is 11.8 Å². The van der Waals surface area contributed by atoms with E-state index in [1.54, 1.807) is 0 Å². The zero-order chi connectivity index (χ0) is 17.6. The van der Waals surface area contributed by atoms with Crippen LogP contribution >= 0.6 is 0 Å². The minimum atomic E-state index is -0.896. The fourth-order valence-corrected chi connectivity index (χ4v) is 2.70. The standard InChI is InChI=1S/C21H30F2/c1-7-15(4)8-9-16(5)18-10-12-19(13-11-18)17(6)21(23)20(22)14(2)3/h10,12,15-16H,2,6-9,11,13H2,1,3-5H3/b21-20-. The molecule has 0 heterocycles.